The van der Waals surface area contributed by atoms with Gasteiger partial charge in [0.2, 0.25) is 0 Å². The number of carbonyl (C=O) groups is 2. The third kappa shape index (κ3) is 2.87. The van der Waals surface area contributed by atoms with E-state index >= 15 is 0 Å². The van der Waals surface area contributed by atoms with Crippen molar-refractivity contribution in [3.05, 3.63) is 0 Å². The molecule has 0 radical (unpaired) electrons. The molecule has 0 heterocycles. The maximum atomic E-state index is 12.3. The van der Waals surface area contributed by atoms with Gasteiger partial charge >= 0.3 is 12.1 Å². The Kier molecular flexibility index (Phi) is 3.98. The van der Waals surface area contributed by atoms with Gasteiger partial charge in [0.1, 0.15) is 5.60 Å². The molecule has 0 atom stereocenters. The highest BCUT2D eigenvalue weighted by molar-refractivity contribution is 5.77. The second-order valence-electron chi connectivity index (χ2n) is 7.54. The van der Waals surface area contributed by atoms with Crippen LogP contribution in [-0.2, 0) is 14.3 Å². The molecule has 3 fully saturated rings. The molecule has 5 nitrogen and oxygen atoms in total. The van der Waals surface area contributed by atoms with Crippen LogP contribution in [0.3, 0.4) is 0 Å². The van der Waals surface area contributed by atoms with Gasteiger partial charge in [-0.3, -0.25) is 4.79 Å². The highest BCUT2D eigenvalue weighted by Crippen LogP contribution is 2.55. The summed E-state index contributed by atoms with van der Waals surface area (Å²) in [5.74, 6) is -0.0873. The van der Waals surface area contributed by atoms with Crippen LogP contribution < -0.4 is 0 Å². The standard InChI is InChI=1S/C16H27NO4/c1-14(2,3)21-13(19)17(4)16-9-6-15(7-10-16,8-11-16)12(18)20-5/h6-11H2,1-5H3. The fourth-order valence-corrected chi connectivity index (χ4v) is 3.72. The minimum Gasteiger partial charge on any atom is -0.469 e. The molecule has 1 amide bonds. The molecule has 0 unspecified atom stereocenters. The molecule has 0 aromatic carbocycles. The van der Waals surface area contributed by atoms with Crippen molar-refractivity contribution in [1.82, 2.24) is 4.90 Å². The van der Waals surface area contributed by atoms with E-state index in [2.05, 4.69) is 0 Å². The Balaban J connectivity index is 2.07. The van der Waals surface area contributed by atoms with Crippen molar-refractivity contribution in [2.75, 3.05) is 14.2 Å². The number of hydrogen-bond donors (Lipinski definition) is 0. The number of fused-ring (bicyclic) bond motifs is 3. The normalized spacial score (nSPS) is 31.7. The molecule has 0 aromatic rings. The van der Waals surface area contributed by atoms with Gasteiger partial charge in [-0.15, -0.1) is 0 Å². The van der Waals surface area contributed by atoms with Crippen molar-refractivity contribution in [2.45, 2.75) is 70.4 Å². The average Bonchev–Trinajstić information content (AvgIpc) is 2.45. The molecule has 3 aliphatic rings. The molecule has 21 heavy (non-hydrogen) atoms. The number of methoxy groups -OCH3 is 1. The van der Waals surface area contributed by atoms with Crippen molar-refractivity contribution in [1.29, 1.82) is 0 Å². The van der Waals surface area contributed by atoms with Gasteiger partial charge in [0, 0.05) is 12.6 Å². The number of nitrogens with zero attached hydrogens (tertiary/aromatic N) is 1. The lowest BCUT2D eigenvalue weighted by molar-refractivity contribution is -0.163. The second-order valence-corrected chi connectivity index (χ2v) is 7.54. The van der Waals surface area contributed by atoms with Gasteiger partial charge in [-0.1, -0.05) is 0 Å². The fourth-order valence-electron chi connectivity index (χ4n) is 3.72. The third-order valence-electron chi connectivity index (χ3n) is 5.20. The molecule has 0 aromatic heterocycles. The molecule has 3 rings (SSSR count). The first-order chi connectivity index (χ1) is 9.64. The summed E-state index contributed by atoms with van der Waals surface area (Å²) in [5.41, 5.74) is -0.954. The lowest BCUT2D eigenvalue weighted by atomic mass is 9.57. The number of carbonyl (C=O) groups excluding carboxylic acids is 2. The molecule has 3 saturated carbocycles. The van der Waals surface area contributed by atoms with E-state index in [0.717, 1.165) is 38.5 Å². The minimum atomic E-state index is -0.485. The Morgan fingerprint density at radius 1 is 1.00 bits per heavy atom. The van der Waals surface area contributed by atoms with Gasteiger partial charge in [-0.05, 0) is 59.3 Å². The van der Waals surface area contributed by atoms with Gasteiger partial charge < -0.3 is 14.4 Å². The molecule has 0 N–H and O–H groups in total. The summed E-state index contributed by atoms with van der Waals surface area (Å²) in [5, 5.41) is 0. The predicted molar refractivity (Wildman–Crippen MR) is 78.9 cm³/mol. The Hall–Kier alpha value is -1.26. The van der Waals surface area contributed by atoms with Crippen LogP contribution in [0.5, 0.6) is 0 Å². The predicted octanol–water partition coefficient (Wildman–Crippen LogP) is 3.12. The van der Waals surface area contributed by atoms with E-state index in [1.807, 2.05) is 27.8 Å². The number of esters is 1. The van der Waals surface area contributed by atoms with Gasteiger partial charge in [0.15, 0.2) is 0 Å². The van der Waals surface area contributed by atoms with E-state index in [1.54, 1.807) is 4.90 Å². The molecule has 3 aliphatic carbocycles. The Labute approximate surface area is 127 Å². The van der Waals surface area contributed by atoms with Crippen LogP contribution in [0.25, 0.3) is 0 Å². The topological polar surface area (TPSA) is 55.8 Å². The summed E-state index contributed by atoms with van der Waals surface area (Å²) in [6.07, 6.45) is 4.66. The molecule has 2 bridgehead atoms. The van der Waals surface area contributed by atoms with E-state index in [-0.39, 0.29) is 23.0 Å². The monoisotopic (exact) mass is 297 g/mol. The molecule has 0 aliphatic heterocycles. The van der Waals surface area contributed by atoms with Crippen molar-refractivity contribution in [3.63, 3.8) is 0 Å². The Morgan fingerprint density at radius 3 is 1.86 bits per heavy atom. The van der Waals surface area contributed by atoms with Crippen LogP contribution in [0, 0.1) is 5.41 Å². The van der Waals surface area contributed by atoms with Crippen LogP contribution in [-0.4, -0.2) is 42.3 Å². The van der Waals surface area contributed by atoms with E-state index in [9.17, 15) is 9.59 Å². The molecule has 0 spiro atoms. The maximum Gasteiger partial charge on any atom is 0.410 e. The summed E-state index contributed by atoms with van der Waals surface area (Å²) >= 11 is 0. The van der Waals surface area contributed by atoms with Crippen LogP contribution in [0.4, 0.5) is 4.79 Å². The van der Waals surface area contributed by atoms with Gasteiger partial charge in [-0.2, -0.15) is 0 Å². The fraction of sp³-hybridized carbons (Fsp3) is 0.875. The smallest absolute Gasteiger partial charge is 0.410 e. The average molecular weight is 297 g/mol. The SMILES string of the molecule is COC(=O)C12CCC(N(C)C(=O)OC(C)(C)C)(CC1)CC2. The van der Waals surface area contributed by atoms with E-state index in [4.69, 9.17) is 9.47 Å². The summed E-state index contributed by atoms with van der Waals surface area (Å²) in [7, 11) is 3.28. The molecule has 0 saturated heterocycles. The van der Waals surface area contributed by atoms with Gasteiger partial charge in [0.05, 0.1) is 12.5 Å². The summed E-state index contributed by atoms with van der Waals surface area (Å²) < 4.78 is 10.5. The summed E-state index contributed by atoms with van der Waals surface area (Å²) in [6.45, 7) is 5.63. The third-order valence-corrected chi connectivity index (χ3v) is 5.20. The molecular weight excluding hydrogens is 270 g/mol. The van der Waals surface area contributed by atoms with Crippen LogP contribution in [0.1, 0.15) is 59.3 Å². The second kappa shape index (κ2) is 5.18. The highest BCUT2D eigenvalue weighted by atomic mass is 16.6. The Bertz CT molecular complexity index is 414. The minimum absolute atomic E-state index is 0.0873. The number of ether oxygens (including phenoxy) is 2. The van der Waals surface area contributed by atoms with Crippen LogP contribution in [0.2, 0.25) is 0 Å². The van der Waals surface area contributed by atoms with Crippen molar-refractivity contribution >= 4 is 12.1 Å². The number of amides is 1. The summed E-state index contributed by atoms with van der Waals surface area (Å²) in [6, 6.07) is 0. The lowest BCUT2D eigenvalue weighted by Gasteiger charge is -2.55. The first-order valence-corrected chi connectivity index (χ1v) is 7.69. The zero-order valence-corrected chi connectivity index (χ0v) is 13.8. The van der Waals surface area contributed by atoms with E-state index < -0.39 is 5.60 Å². The first kappa shape index (κ1) is 16.1. The molecule has 5 heteroatoms. The first-order valence-electron chi connectivity index (χ1n) is 7.69. The zero-order valence-electron chi connectivity index (χ0n) is 13.8. The summed E-state index contributed by atoms with van der Waals surface area (Å²) in [4.78, 5) is 26.1. The number of rotatable bonds is 2. The quantitative estimate of drug-likeness (QED) is 0.735. The van der Waals surface area contributed by atoms with Crippen molar-refractivity contribution < 1.29 is 19.1 Å². The van der Waals surface area contributed by atoms with Crippen LogP contribution in [0.15, 0.2) is 0 Å². The molecule has 120 valence electrons. The maximum absolute atomic E-state index is 12.3. The number of hydrogen-bond acceptors (Lipinski definition) is 4. The van der Waals surface area contributed by atoms with E-state index in [1.165, 1.54) is 7.11 Å². The van der Waals surface area contributed by atoms with Gasteiger partial charge in [0.25, 0.3) is 0 Å². The van der Waals surface area contributed by atoms with Crippen molar-refractivity contribution in [3.8, 4) is 0 Å². The zero-order chi connectivity index (χ0) is 15.9. The lowest BCUT2D eigenvalue weighted by Crippen LogP contribution is -2.59. The van der Waals surface area contributed by atoms with Crippen molar-refractivity contribution in [2.24, 2.45) is 5.41 Å². The van der Waals surface area contributed by atoms with Crippen LogP contribution >= 0.6 is 0 Å². The molecular formula is C16H27NO4. The largest absolute Gasteiger partial charge is 0.469 e. The van der Waals surface area contributed by atoms with E-state index in [0.29, 0.717) is 0 Å². The highest BCUT2D eigenvalue weighted by Gasteiger charge is 2.55. The Morgan fingerprint density at radius 2 is 1.48 bits per heavy atom. The van der Waals surface area contributed by atoms with Gasteiger partial charge in [-0.25, -0.2) is 4.79 Å².